The summed E-state index contributed by atoms with van der Waals surface area (Å²) in [5, 5.41) is 11.6. The zero-order chi connectivity index (χ0) is 19.6. The molecule has 0 aromatic heterocycles. The second kappa shape index (κ2) is 17.2. The van der Waals surface area contributed by atoms with Crippen LogP contribution in [0.2, 0.25) is 0 Å². The number of carboxylic acids is 1. The van der Waals surface area contributed by atoms with Crippen molar-refractivity contribution in [1.29, 1.82) is 0 Å². The van der Waals surface area contributed by atoms with Gasteiger partial charge in [0.2, 0.25) is 0 Å². The molecule has 154 valence electrons. The zero-order valence-electron chi connectivity index (χ0n) is 17.1. The fourth-order valence-electron chi connectivity index (χ4n) is 3.48. The van der Waals surface area contributed by atoms with Crippen LogP contribution in [0.4, 0.5) is 4.79 Å². The molecule has 0 aromatic carbocycles. The largest absolute Gasteiger partial charge is 0.481 e. The molecule has 0 radical (unpaired) electrons. The minimum atomic E-state index is -0.834. The maximum absolute atomic E-state index is 11.1. The number of rotatable bonds is 18. The molecule has 0 saturated carbocycles. The molecular weight excluding hydrogens is 328 g/mol. The Morgan fingerprint density at radius 3 is 1.65 bits per heavy atom. The van der Waals surface area contributed by atoms with Crippen LogP contribution in [-0.2, 0) is 4.79 Å². The lowest BCUT2D eigenvalue weighted by Crippen LogP contribution is -2.43. The van der Waals surface area contributed by atoms with Gasteiger partial charge >= 0.3 is 12.0 Å². The molecule has 0 aliphatic rings. The second-order valence-electron chi connectivity index (χ2n) is 7.72. The lowest BCUT2D eigenvalue weighted by Gasteiger charge is -2.23. The maximum atomic E-state index is 11.1. The first-order valence-corrected chi connectivity index (χ1v) is 10.7. The molecule has 0 aliphatic carbocycles. The molecule has 0 rings (SSSR count). The van der Waals surface area contributed by atoms with E-state index < -0.39 is 12.0 Å². The summed E-state index contributed by atoms with van der Waals surface area (Å²) in [5.41, 5.74) is 5.21. The first kappa shape index (κ1) is 24.7. The number of carbonyl (C=O) groups is 2. The van der Waals surface area contributed by atoms with E-state index in [9.17, 15) is 9.59 Å². The number of nitrogens with two attached hydrogens (primary N) is 1. The Kier molecular flexibility index (Phi) is 16.3. The van der Waals surface area contributed by atoms with Gasteiger partial charge in [0.15, 0.2) is 0 Å². The predicted octanol–water partition coefficient (Wildman–Crippen LogP) is 5.62. The summed E-state index contributed by atoms with van der Waals surface area (Å²) >= 11 is 0. The number of primary amides is 1. The Morgan fingerprint density at radius 2 is 1.27 bits per heavy atom. The minimum Gasteiger partial charge on any atom is -0.481 e. The van der Waals surface area contributed by atoms with Gasteiger partial charge in [0.1, 0.15) is 0 Å². The molecule has 2 unspecified atom stereocenters. The van der Waals surface area contributed by atoms with E-state index in [1.54, 1.807) is 0 Å². The summed E-state index contributed by atoms with van der Waals surface area (Å²) < 4.78 is 0. The molecule has 0 spiro atoms. The maximum Gasteiger partial charge on any atom is 0.312 e. The predicted molar refractivity (Wildman–Crippen MR) is 108 cm³/mol. The third-order valence-corrected chi connectivity index (χ3v) is 5.13. The number of urea groups is 1. The van der Waals surface area contributed by atoms with Crippen molar-refractivity contribution in [2.75, 3.05) is 0 Å². The Bertz CT molecular complexity index is 361. The molecule has 4 N–H and O–H groups in total. The van der Waals surface area contributed by atoms with Gasteiger partial charge in [0, 0.05) is 12.5 Å². The van der Waals surface area contributed by atoms with Crippen LogP contribution in [0.5, 0.6) is 0 Å². The molecule has 2 amide bonds. The van der Waals surface area contributed by atoms with Crippen molar-refractivity contribution in [3.8, 4) is 0 Å². The number of nitrogens with one attached hydrogen (secondary N) is 1. The van der Waals surface area contributed by atoms with Crippen LogP contribution in [0.1, 0.15) is 110 Å². The van der Waals surface area contributed by atoms with Crippen molar-refractivity contribution in [1.82, 2.24) is 5.32 Å². The van der Waals surface area contributed by atoms with Gasteiger partial charge in [-0.15, -0.1) is 0 Å². The summed E-state index contributed by atoms with van der Waals surface area (Å²) in [6.45, 7) is 4.11. The first-order chi connectivity index (χ1) is 12.5. The van der Waals surface area contributed by atoms with E-state index in [1.165, 1.54) is 70.6 Å². The third-order valence-electron chi connectivity index (χ3n) is 5.13. The van der Waals surface area contributed by atoms with Gasteiger partial charge in [0.25, 0.3) is 0 Å². The average molecular weight is 371 g/mol. The number of hydrogen-bond acceptors (Lipinski definition) is 2. The van der Waals surface area contributed by atoms with Crippen molar-refractivity contribution in [2.24, 2.45) is 11.7 Å². The molecule has 0 aliphatic heterocycles. The van der Waals surface area contributed by atoms with Gasteiger partial charge in [-0.2, -0.15) is 0 Å². The molecule has 0 bridgehead atoms. The van der Waals surface area contributed by atoms with Gasteiger partial charge < -0.3 is 16.2 Å². The number of amides is 2. The van der Waals surface area contributed by atoms with Crippen LogP contribution in [0, 0.1) is 5.92 Å². The van der Waals surface area contributed by atoms with E-state index in [0.717, 1.165) is 19.3 Å². The van der Waals surface area contributed by atoms with Crippen molar-refractivity contribution in [3.05, 3.63) is 0 Å². The molecule has 0 saturated heterocycles. The number of unbranched alkanes of at least 4 members (excludes halogenated alkanes) is 12. The molecule has 5 heteroatoms. The van der Waals surface area contributed by atoms with Crippen LogP contribution in [0.3, 0.4) is 0 Å². The fraction of sp³-hybridized carbons (Fsp3) is 0.905. The van der Waals surface area contributed by atoms with E-state index in [4.69, 9.17) is 10.8 Å². The summed E-state index contributed by atoms with van der Waals surface area (Å²) in [5.74, 6) is -0.934. The quantitative estimate of drug-likeness (QED) is 0.274. The van der Waals surface area contributed by atoms with Crippen LogP contribution in [0.25, 0.3) is 0 Å². The van der Waals surface area contributed by atoms with Crippen LogP contribution in [0.15, 0.2) is 0 Å². The molecular formula is C21H42N2O3. The number of carbonyl (C=O) groups excluding carboxylic acids is 1. The molecule has 26 heavy (non-hydrogen) atoms. The van der Waals surface area contributed by atoms with E-state index in [2.05, 4.69) is 12.2 Å². The summed E-state index contributed by atoms with van der Waals surface area (Å²) in [6.07, 6.45) is 17.8. The van der Waals surface area contributed by atoms with Gasteiger partial charge in [0.05, 0.1) is 0 Å². The van der Waals surface area contributed by atoms with Crippen LogP contribution >= 0.6 is 0 Å². The van der Waals surface area contributed by atoms with Gasteiger partial charge in [-0.05, 0) is 12.3 Å². The highest BCUT2D eigenvalue weighted by Crippen LogP contribution is 2.17. The molecule has 5 nitrogen and oxygen atoms in total. The summed E-state index contributed by atoms with van der Waals surface area (Å²) in [7, 11) is 0. The van der Waals surface area contributed by atoms with Crippen molar-refractivity contribution >= 4 is 12.0 Å². The molecule has 0 heterocycles. The van der Waals surface area contributed by atoms with E-state index in [0.29, 0.717) is 0 Å². The number of carboxylic acid groups (broad SMARTS) is 1. The zero-order valence-corrected chi connectivity index (χ0v) is 17.1. The van der Waals surface area contributed by atoms with Crippen molar-refractivity contribution < 1.29 is 14.7 Å². The highest BCUT2D eigenvalue weighted by Gasteiger charge is 2.20. The SMILES string of the molecule is CCCCCCCCCCCCCCCC(NC(N)=O)C(C)CC(=O)O. The average Bonchev–Trinajstić information content (AvgIpc) is 2.57. The Morgan fingerprint density at radius 1 is 0.846 bits per heavy atom. The molecule has 0 fully saturated rings. The number of hydrogen-bond donors (Lipinski definition) is 3. The summed E-state index contributed by atoms with van der Waals surface area (Å²) in [6, 6.07) is -0.710. The summed E-state index contributed by atoms with van der Waals surface area (Å²) in [4.78, 5) is 21.9. The van der Waals surface area contributed by atoms with Gasteiger partial charge in [-0.1, -0.05) is 97.3 Å². The lowest BCUT2D eigenvalue weighted by atomic mass is 9.93. The molecule has 2 atom stereocenters. The van der Waals surface area contributed by atoms with Crippen molar-refractivity contribution in [3.63, 3.8) is 0 Å². The van der Waals surface area contributed by atoms with Crippen LogP contribution in [-0.4, -0.2) is 23.1 Å². The minimum absolute atomic E-state index is 0.0589. The van der Waals surface area contributed by atoms with E-state index in [-0.39, 0.29) is 18.4 Å². The monoisotopic (exact) mass is 370 g/mol. The van der Waals surface area contributed by atoms with Crippen LogP contribution < -0.4 is 11.1 Å². The Balaban J connectivity index is 3.60. The standard InChI is InChI=1S/C21H42N2O3/c1-3-4-5-6-7-8-9-10-11-12-13-14-15-16-19(23-21(22)26)18(2)17-20(24)25/h18-19H,3-17H2,1-2H3,(H,24,25)(H3,22,23,26). The highest BCUT2D eigenvalue weighted by molar-refractivity contribution is 5.72. The normalized spacial score (nSPS) is 13.3. The molecule has 0 aromatic rings. The van der Waals surface area contributed by atoms with E-state index in [1.807, 2.05) is 6.92 Å². The topological polar surface area (TPSA) is 92.4 Å². The second-order valence-corrected chi connectivity index (χ2v) is 7.72. The third kappa shape index (κ3) is 16.2. The highest BCUT2D eigenvalue weighted by atomic mass is 16.4. The first-order valence-electron chi connectivity index (χ1n) is 10.7. The van der Waals surface area contributed by atoms with Gasteiger partial charge in [-0.3, -0.25) is 4.79 Å². The lowest BCUT2D eigenvalue weighted by molar-refractivity contribution is -0.138. The van der Waals surface area contributed by atoms with Gasteiger partial charge in [-0.25, -0.2) is 4.79 Å². The Labute approximate surface area is 160 Å². The fourth-order valence-corrected chi connectivity index (χ4v) is 3.48. The smallest absolute Gasteiger partial charge is 0.312 e. The van der Waals surface area contributed by atoms with Crippen molar-refractivity contribution in [2.45, 2.75) is 116 Å². The van der Waals surface area contributed by atoms with E-state index >= 15 is 0 Å². The Hall–Kier alpha value is -1.26. The number of aliphatic carboxylic acids is 1.